The molecule has 0 aliphatic carbocycles. The van der Waals surface area contributed by atoms with Gasteiger partial charge in [-0.3, -0.25) is 4.79 Å². The fourth-order valence-electron chi connectivity index (χ4n) is 1.59. The van der Waals surface area contributed by atoms with E-state index in [-0.39, 0.29) is 12.8 Å². The molecule has 0 saturated carbocycles. The molecule has 0 bridgehead atoms. The Balaban J connectivity index is 2.96. The number of sulfone groups is 1. The van der Waals surface area contributed by atoms with Crippen LogP contribution in [-0.4, -0.2) is 27.2 Å². The molecule has 4 nitrogen and oxygen atoms in total. The van der Waals surface area contributed by atoms with Gasteiger partial charge in [0.15, 0.2) is 9.84 Å². The first kappa shape index (κ1) is 16.5. The highest BCUT2D eigenvalue weighted by molar-refractivity contribution is 7.91. The lowest BCUT2D eigenvalue weighted by molar-refractivity contribution is -0.141. The first-order valence-electron chi connectivity index (χ1n) is 5.64. The van der Waals surface area contributed by atoms with Gasteiger partial charge >= 0.3 is 12.1 Å². The standard InChI is InChI=1S/C12H13F3O4S/c1-19-11(16)7-4-8-20(17,18)10-6-3-2-5-9(10)12(13,14)15/h2-3,5-6H,4,7-8H2,1H3. The molecule has 0 heterocycles. The summed E-state index contributed by atoms with van der Waals surface area (Å²) in [4.78, 5) is 10.1. The Bertz CT molecular complexity index is 579. The Morgan fingerprint density at radius 1 is 1.25 bits per heavy atom. The van der Waals surface area contributed by atoms with E-state index in [0.717, 1.165) is 19.2 Å². The minimum Gasteiger partial charge on any atom is -0.469 e. The smallest absolute Gasteiger partial charge is 0.417 e. The molecule has 0 fully saturated rings. The maximum Gasteiger partial charge on any atom is 0.417 e. The average molecular weight is 310 g/mol. The van der Waals surface area contributed by atoms with Crippen molar-refractivity contribution in [1.82, 2.24) is 0 Å². The van der Waals surface area contributed by atoms with Crippen LogP contribution in [0.4, 0.5) is 13.2 Å². The molecule has 0 radical (unpaired) electrons. The Labute approximate surface area is 114 Å². The Hall–Kier alpha value is -1.57. The van der Waals surface area contributed by atoms with Gasteiger partial charge in [0, 0.05) is 6.42 Å². The van der Waals surface area contributed by atoms with Gasteiger partial charge in [0.2, 0.25) is 0 Å². The second-order valence-corrected chi connectivity index (χ2v) is 6.07. The monoisotopic (exact) mass is 310 g/mol. The summed E-state index contributed by atoms with van der Waals surface area (Å²) in [6.45, 7) is 0. The number of rotatable bonds is 5. The van der Waals surface area contributed by atoms with Crippen molar-refractivity contribution < 1.29 is 31.1 Å². The molecule has 1 aromatic carbocycles. The van der Waals surface area contributed by atoms with E-state index in [1.165, 1.54) is 6.07 Å². The largest absolute Gasteiger partial charge is 0.469 e. The Kier molecular flexibility index (Phi) is 5.15. The summed E-state index contributed by atoms with van der Waals surface area (Å²) < 4.78 is 66.4. The molecule has 0 atom stereocenters. The second kappa shape index (κ2) is 6.25. The number of alkyl halides is 3. The molecule has 0 spiro atoms. The summed E-state index contributed by atoms with van der Waals surface area (Å²) in [5.41, 5.74) is -1.20. The van der Waals surface area contributed by atoms with Crippen molar-refractivity contribution in [2.45, 2.75) is 23.9 Å². The topological polar surface area (TPSA) is 60.4 Å². The molecule has 0 amide bonds. The van der Waals surface area contributed by atoms with E-state index in [1.807, 2.05) is 0 Å². The minimum atomic E-state index is -4.74. The fourth-order valence-corrected chi connectivity index (χ4v) is 3.14. The van der Waals surface area contributed by atoms with Crippen molar-refractivity contribution >= 4 is 15.8 Å². The minimum absolute atomic E-state index is 0.0960. The molecule has 1 aromatic rings. The van der Waals surface area contributed by atoms with Gasteiger partial charge in [0.1, 0.15) is 0 Å². The lowest BCUT2D eigenvalue weighted by atomic mass is 10.2. The zero-order chi connectivity index (χ0) is 15.4. The van der Waals surface area contributed by atoms with E-state index in [9.17, 15) is 26.4 Å². The van der Waals surface area contributed by atoms with Crippen molar-refractivity contribution in [3.05, 3.63) is 29.8 Å². The number of carbonyl (C=O) groups excluding carboxylic acids is 1. The third-order valence-electron chi connectivity index (χ3n) is 2.55. The van der Waals surface area contributed by atoms with E-state index >= 15 is 0 Å². The molecule has 20 heavy (non-hydrogen) atoms. The summed E-state index contributed by atoms with van der Waals surface area (Å²) in [5.74, 6) is -1.15. The first-order valence-corrected chi connectivity index (χ1v) is 7.29. The summed E-state index contributed by atoms with van der Waals surface area (Å²) in [7, 11) is -2.96. The van der Waals surface area contributed by atoms with Gasteiger partial charge in [0.05, 0.1) is 23.3 Å². The first-order chi connectivity index (χ1) is 9.18. The molecule has 0 unspecified atom stereocenters. The quantitative estimate of drug-likeness (QED) is 0.784. The van der Waals surface area contributed by atoms with Crippen LogP contribution in [-0.2, 0) is 25.5 Å². The van der Waals surface area contributed by atoms with Crippen LogP contribution in [0.5, 0.6) is 0 Å². The number of ether oxygens (including phenoxy) is 1. The Morgan fingerprint density at radius 2 is 1.85 bits per heavy atom. The predicted molar refractivity (Wildman–Crippen MR) is 64.7 cm³/mol. The maximum absolute atomic E-state index is 12.7. The number of methoxy groups -OCH3 is 1. The van der Waals surface area contributed by atoms with Gasteiger partial charge in [-0.2, -0.15) is 13.2 Å². The van der Waals surface area contributed by atoms with Crippen LogP contribution in [0.1, 0.15) is 18.4 Å². The molecule has 0 aromatic heterocycles. The van der Waals surface area contributed by atoms with Crippen molar-refractivity contribution in [3.63, 3.8) is 0 Å². The van der Waals surface area contributed by atoms with Gasteiger partial charge in [-0.15, -0.1) is 0 Å². The number of benzene rings is 1. The molecule has 1 rings (SSSR count). The van der Waals surface area contributed by atoms with E-state index in [2.05, 4.69) is 4.74 Å². The number of carbonyl (C=O) groups is 1. The molecule has 0 saturated heterocycles. The summed E-state index contributed by atoms with van der Waals surface area (Å²) in [6.07, 6.45) is -5.00. The highest BCUT2D eigenvalue weighted by Crippen LogP contribution is 2.34. The molecule has 0 aliphatic rings. The number of hydrogen-bond acceptors (Lipinski definition) is 4. The van der Waals surface area contributed by atoms with Crippen molar-refractivity contribution in [1.29, 1.82) is 0 Å². The van der Waals surface area contributed by atoms with Crippen LogP contribution in [0.2, 0.25) is 0 Å². The normalized spacial score (nSPS) is 12.2. The van der Waals surface area contributed by atoms with Gasteiger partial charge in [-0.1, -0.05) is 12.1 Å². The third-order valence-corrected chi connectivity index (χ3v) is 4.40. The zero-order valence-electron chi connectivity index (χ0n) is 10.6. The Morgan fingerprint density at radius 3 is 2.40 bits per heavy atom. The maximum atomic E-state index is 12.7. The number of hydrogen-bond donors (Lipinski definition) is 0. The number of halogens is 3. The predicted octanol–water partition coefficient (Wildman–Crippen LogP) is 2.43. The molecule has 0 aliphatic heterocycles. The molecular formula is C12H13F3O4S. The van der Waals surface area contributed by atoms with Crippen LogP contribution in [0, 0.1) is 0 Å². The summed E-state index contributed by atoms with van der Waals surface area (Å²) >= 11 is 0. The molecule has 112 valence electrons. The third kappa shape index (κ3) is 4.22. The fraction of sp³-hybridized carbons (Fsp3) is 0.417. The number of esters is 1. The van der Waals surface area contributed by atoms with Crippen molar-refractivity contribution in [3.8, 4) is 0 Å². The van der Waals surface area contributed by atoms with E-state index in [4.69, 9.17) is 0 Å². The van der Waals surface area contributed by atoms with Crippen LogP contribution < -0.4 is 0 Å². The van der Waals surface area contributed by atoms with Crippen LogP contribution in [0.25, 0.3) is 0 Å². The SMILES string of the molecule is COC(=O)CCCS(=O)(=O)c1ccccc1C(F)(F)F. The lowest BCUT2D eigenvalue weighted by Gasteiger charge is -2.12. The summed E-state index contributed by atoms with van der Waals surface area (Å²) in [5, 5.41) is 0. The highest BCUT2D eigenvalue weighted by atomic mass is 32.2. The van der Waals surface area contributed by atoms with E-state index < -0.39 is 38.2 Å². The van der Waals surface area contributed by atoms with Crippen LogP contribution in [0.3, 0.4) is 0 Å². The van der Waals surface area contributed by atoms with Gasteiger partial charge in [-0.05, 0) is 18.6 Å². The molecule has 8 heteroatoms. The second-order valence-electron chi connectivity index (χ2n) is 3.99. The van der Waals surface area contributed by atoms with Crippen LogP contribution in [0.15, 0.2) is 29.2 Å². The zero-order valence-corrected chi connectivity index (χ0v) is 11.4. The molecule has 0 N–H and O–H groups in total. The van der Waals surface area contributed by atoms with Gasteiger partial charge < -0.3 is 4.74 Å². The van der Waals surface area contributed by atoms with Gasteiger partial charge in [0.25, 0.3) is 0 Å². The molecular weight excluding hydrogens is 297 g/mol. The highest BCUT2D eigenvalue weighted by Gasteiger charge is 2.36. The van der Waals surface area contributed by atoms with E-state index in [0.29, 0.717) is 6.07 Å². The van der Waals surface area contributed by atoms with E-state index in [1.54, 1.807) is 0 Å². The van der Waals surface area contributed by atoms with Gasteiger partial charge in [-0.25, -0.2) is 8.42 Å². The summed E-state index contributed by atoms with van der Waals surface area (Å²) in [6, 6.07) is 3.97. The lowest BCUT2D eigenvalue weighted by Crippen LogP contribution is -2.16. The van der Waals surface area contributed by atoms with Crippen LogP contribution >= 0.6 is 0 Å². The average Bonchev–Trinajstić information content (AvgIpc) is 2.37. The van der Waals surface area contributed by atoms with Crippen molar-refractivity contribution in [2.24, 2.45) is 0 Å². The van der Waals surface area contributed by atoms with Crippen molar-refractivity contribution in [2.75, 3.05) is 12.9 Å².